The van der Waals surface area contributed by atoms with Crippen LogP contribution in [-0.2, 0) is 16.4 Å². The van der Waals surface area contributed by atoms with E-state index in [1.165, 1.54) is 12.1 Å². The number of carbonyl (C=O) groups is 1. The van der Waals surface area contributed by atoms with Gasteiger partial charge in [0, 0.05) is 6.54 Å². The van der Waals surface area contributed by atoms with E-state index in [2.05, 4.69) is 4.98 Å². The molecule has 100 valence electrons. The fourth-order valence-electron chi connectivity index (χ4n) is 2.24. The van der Waals surface area contributed by atoms with E-state index in [-0.39, 0.29) is 16.6 Å². The zero-order valence-electron chi connectivity index (χ0n) is 9.98. The number of aromatic nitrogens is 2. The van der Waals surface area contributed by atoms with Crippen molar-refractivity contribution in [1.82, 2.24) is 9.55 Å². The minimum Gasteiger partial charge on any atom is -0.478 e. The summed E-state index contributed by atoms with van der Waals surface area (Å²) in [6.07, 6.45) is 2.21. The van der Waals surface area contributed by atoms with E-state index < -0.39 is 15.8 Å². The molecule has 2 aromatic rings. The average molecular weight is 280 g/mol. The summed E-state index contributed by atoms with van der Waals surface area (Å²) in [6, 6.07) is 4.64. The molecule has 1 fully saturated rings. The number of benzene rings is 1. The lowest BCUT2D eigenvalue weighted by Gasteiger charge is -2.26. The van der Waals surface area contributed by atoms with Crippen molar-refractivity contribution in [3.63, 3.8) is 0 Å². The molecule has 0 unspecified atom stereocenters. The molecule has 1 atom stereocenters. The van der Waals surface area contributed by atoms with Gasteiger partial charge in [0.2, 0.25) is 0 Å². The molecule has 6 nitrogen and oxygen atoms in total. The number of aromatic carboxylic acids is 1. The van der Waals surface area contributed by atoms with E-state index in [9.17, 15) is 13.2 Å². The van der Waals surface area contributed by atoms with Crippen molar-refractivity contribution in [2.75, 3.05) is 5.75 Å². The first-order valence-electron chi connectivity index (χ1n) is 5.87. The van der Waals surface area contributed by atoms with Gasteiger partial charge in [0.15, 0.2) is 9.84 Å². The topological polar surface area (TPSA) is 89.3 Å². The number of fused-ring (bicyclic) bond motifs is 1. The van der Waals surface area contributed by atoms with Crippen LogP contribution < -0.4 is 0 Å². The van der Waals surface area contributed by atoms with Crippen LogP contribution in [0.2, 0.25) is 0 Å². The number of nitrogens with zero attached hydrogens (tertiary/aromatic N) is 2. The molecule has 1 aromatic heterocycles. The smallest absolute Gasteiger partial charge is 0.335 e. The predicted molar refractivity (Wildman–Crippen MR) is 68.9 cm³/mol. The van der Waals surface area contributed by atoms with Crippen molar-refractivity contribution in [3.05, 3.63) is 30.1 Å². The molecule has 7 heteroatoms. The van der Waals surface area contributed by atoms with Crippen molar-refractivity contribution in [3.8, 4) is 0 Å². The molecule has 1 saturated heterocycles. The molecule has 0 spiro atoms. The lowest BCUT2D eigenvalue weighted by molar-refractivity contribution is 0.0697. The maximum atomic E-state index is 11.5. The van der Waals surface area contributed by atoms with E-state index in [4.69, 9.17) is 5.11 Å². The summed E-state index contributed by atoms with van der Waals surface area (Å²) in [5.41, 5.74) is 1.49. The quantitative estimate of drug-likeness (QED) is 0.903. The van der Waals surface area contributed by atoms with Crippen molar-refractivity contribution < 1.29 is 18.3 Å². The monoisotopic (exact) mass is 280 g/mol. The molecule has 1 aliphatic heterocycles. The van der Waals surface area contributed by atoms with Crippen molar-refractivity contribution >= 4 is 26.8 Å². The first-order valence-corrected chi connectivity index (χ1v) is 7.59. The van der Waals surface area contributed by atoms with Crippen LogP contribution in [0.4, 0.5) is 0 Å². The van der Waals surface area contributed by atoms with E-state index in [0.29, 0.717) is 24.0 Å². The van der Waals surface area contributed by atoms with Crippen LogP contribution in [0.15, 0.2) is 24.5 Å². The molecular weight excluding hydrogens is 268 g/mol. The van der Waals surface area contributed by atoms with Gasteiger partial charge in [0.25, 0.3) is 0 Å². The Balaban J connectivity index is 1.99. The summed E-state index contributed by atoms with van der Waals surface area (Å²) < 4.78 is 24.8. The van der Waals surface area contributed by atoms with Crippen LogP contribution >= 0.6 is 0 Å². The second-order valence-electron chi connectivity index (χ2n) is 4.68. The Labute approximate surface area is 109 Å². The maximum absolute atomic E-state index is 11.5. The summed E-state index contributed by atoms with van der Waals surface area (Å²) >= 11 is 0. The normalized spacial score (nSPS) is 21.2. The molecule has 2 heterocycles. The average Bonchev–Trinajstić information content (AvgIpc) is 2.77. The van der Waals surface area contributed by atoms with Crippen LogP contribution in [0.25, 0.3) is 11.0 Å². The third kappa shape index (κ3) is 1.99. The highest BCUT2D eigenvalue weighted by Crippen LogP contribution is 2.24. The van der Waals surface area contributed by atoms with Gasteiger partial charge in [-0.2, -0.15) is 0 Å². The minimum absolute atomic E-state index is 0.172. The molecule has 0 aliphatic carbocycles. The number of sulfone groups is 1. The molecular formula is C12H12N2O4S. The van der Waals surface area contributed by atoms with Gasteiger partial charge in [-0.15, -0.1) is 0 Å². The number of carboxylic acid groups (broad SMARTS) is 1. The summed E-state index contributed by atoms with van der Waals surface area (Å²) in [7, 11) is -2.96. The molecule has 0 bridgehead atoms. The third-order valence-corrected chi connectivity index (χ3v) is 5.71. The fraction of sp³-hybridized carbons (Fsp3) is 0.333. The molecule has 3 rings (SSSR count). The van der Waals surface area contributed by atoms with E-state index >= 15 is 0 Å². The van der Waals surface area contributed by atoms with Crippen LogP contribution in [0, 0.1) is 0 Å². The minimum atomic E-state index is -2.96. The number of imidazole rings is 1. The Morgan fingerprint density at radius 1 is 1.47 bits per heavy atom. The first-order chi connectivity index (χ1) is 8.97. The third-order valence-electron chi connectivity index (χ3n) is 3.50. The highest BCUT2D eigenvalue weighted by atomic mass is 32.2. The van der Waals surface area contributed by atoms with Gasteiger partial charge < -0.3 is 9.67 Å². The highest BCUT2D eigenvalue weighted by Gasteiger charge is 2.35. The van der Waals surface area contributed by atoms with Gasteiger partial charge in [-0.1, -0.05) is 0 Å². The van der Waals surface area contributed by atoms with Gasteiger partial charge in [-0.3, -0.25) is 0 Å². The second-order valence-corrected chi connectivity index (χ2v) is 7.08. The van der Waals surface area contributed by atoms with Crippen LogP contribution in [-0.4, -0.2) is 40.0 Å². The van der Waals surface area contributed by atoms with Gasteiger partial charge in [0.1, 0.15) is 0 Å². The van der Waals surface area contributed by atoms with Crippen molar-refractivity contribution in [1.29, 1.82) is 0 Å². The number of carboxylic acids is 1. The van der Waals surface area contributed by atoms with E-state index in [0.717, 1.165) is 0 Å². The summed E-state index contributed by atoms with van der Waals surface area (Å²) in [6.45, 7) is 0.335. The van der Waals surface area contributed by atoms with Crippen molar-refractivity contribution in [2.45, 2.75) is 18.2 Å². The lowest BCUT2D eigenvalue weighted by Crippen LogP contribution is -2.39. The first kappa shape index (κ1) is 12.2. The summed E-state index contributed by atoms with van der Waals surface area (Å²) in [5, 5.41) is 8.59. The highest BCUT2D eigenvalue weighted by molar-refractivity contribution is 7.93. The van der Waals surface area contributed by atoms with E-state index in [1.807, 2.05) is 0 Å². The van der Waals surface area contributed by atoms with Gasteiger partial charge >= 0.3 is 5.97 Å². The van der Waals surface area contributed by atoms with Gasteiger partial charge in [0.05, 0.1) is 33.9 Å². The molecule has 1 aliphatic rings. The molecule has 1 N–H and O–H groups in total. The standard InChI is InChI=1S/C12H12N2O4S/c15-12(16)8-1-2-10-11(5-8)14(7-13-10)6-9-3-4-19(9,17)18/h1-2,5,7,9H,3-4,6H2,(H,15,16)/t9-/m0/s1. The fourth-order valence-corrected chi connectivity index (χ4v) is 3.58. The summed E-state index contributed by atoms with van der Waals surface area (Å²) in [4.78, 5) is 15.1. The van der Waals surface area contributed by atoms with E-state index in [1.54, 1.807) is 17.0 Å². The molecule has 1 aromatic carbocycles. The van der Waals surface area contributed by atoms with Crippen LogP contribution in [0.3, 0.4) is 0 Å². The van der Waals surface area contributed by atoms with Crippen LogP contribution in [0.1, 0.15) is 16.8 Å². The Morgan fingerprint density at radius 2 is 2.26 bits per heavy atom. The number of hydrogen-bond donors (Lipinski definition) is 1. The Morgan fingerprint density at radius 3 is 2.84 bits per heavy atom. The zero-order chi connectivity index (χ0) is 13.6. The molecule has 19 heavy (non-hydrogen) atoms. The van der Waals surface area contributed by atoms with Gasteiger partial charge in [-0.25, -0.2) is 18.2 Å². The Kier molecular flexibility index (Phi) is 2.60. The Hall–Kier alpha value is -1.89. The SMILES string of the molecule is O=C(O)c1ccc2ncn(C[C@@H]3CCS3(=O)=O)c2c1. The number of hydrogen-bond acceptors (Lipinski definition) is 4. The number of rotatable bonds is 3. The van der Waals surface area contributed by atoms with Gasteiger partial charge in [-0.05, 0) is 24.6 Å². The lowest BCUT2D eigenvalue weighted by atomic mass is 10.2. The van der Waals surface area contributed by atoms with Crippen molar-refractivity contribution in [2.24, 2.45) is 0 Å². The maximum Gasteiger partial charge on any atom is 0.335 e. The molecule has 0 amide bonds. The molecule has 0 saturated carbocycles. The largest absolute Gasteiger partial charge is 0.478 e. The summed E-state index contributed by atoms with van der Waals surface area (Å²) in [5.74, 6) is -0.768. The zero-order valence-corrected chi connectivity index (χ0v) is 10.8. The Bertz CT molecular complexity index is 763. The molecule has 0 radical (unpaired) electrons. The predicted octanol–water partition coefficient (Wildman–Crippen LogP) is 0.922. The van der Waals surface area contributed by atoms with Crippen LogP contribution in [0.5, 0.6) is 0 Å². The second kappa shape index (κ2) is 4.06.